The van der Waals surface area contributed by atoms with E-state index in [-0.39, 0.29) is 5.41 Å². The van der Waals surface area contributed by atoms with Gasteiger partial charge in [-0.3, -0.25) is 0 Å². The van der Waals surface area contributed by atoms with E-state index < -0.39 is 10.2 Å². The van der Waals surface area contributed by atoms with Crippen molar-refractivity contribution in [3.05, 3.63) is 0 Å². The Morgan fingerprint density at radius 3 is 2.47 bits per heavy atom. The lowest BCUT2D eigenvalue weighted by molar-refractivity contribution is 0.0723. The number of hydrogen-bond acceptors (Lipinski definition) is 4. The third-order valence-electron chi connectivity index (χ3n) is 2.86. The van der Waals surface area contributed by atoms with Crippen LogP contribution in [0.4, 0.5) is 0 Å². The largest absolute Gasteiger partial charge is 0.379 e. The zero-order valence-corrected chi connectivity index (χ0v) is 11.4. The van der Waals surface area contributed by atoms with Crippen molar-refractivity contribution in [1.29, 1.82) is 0 Å². The second-order valence-corrected chi connectivity index (χ2v) is 6.80. The molecule has 1 aliphatic rings. The second kappa shape index (κ2) is 6.10. The molecule has 0 radical (unpaired) electrons. The van der Waals surface area contributed by atoms with Crippen LogP contribution in [0.2, 0.25) is 0 Å². The predicted molar refractivity (Wildman–Crippen MR) is 66.8 cm³/mol. The first-order valence-electron chi connectivity index (χ1n) is 5.90. The summed E-state index contributed by atoms with van der Waals surface area (Å²) in [5, 5.41) is 0. The topological polar surface area (TPSA) is 84.7 Å². The minimum Gasteiger partial charge on any atom is -0.379 e. The summed E-state index contributed by atoms with van der Waals surface area (Å²) in [6.07, 6.45) is 0.790. The first-order valence-corrected chi connectivity index (χ1v) is 7.34. The van der Waals surface area contributed by atoms with E-state index in [9.17, 15) is 8.42 Å². The minimum absolute atomic E-state index is 0.117. The van der Waals surface area contributed by atoms with Gasteiger partial charge in [0.05, 0.1) is 13.2 Å². The number of rotatable bonds is 6. The molecule has 6 nitrogen and oxygen atoms in total. The van der Waals surface area contributed by atoms with Crippen LogP contribution in [0.3, 0.4) is 0 Å². The quantitative estimate of drug-likeness (QED) is 0.680. The Bertz CT molecular complexity index is 324. The molecule has 1 saturated heterocycles. The van der Waals surface area contributed by atoms with E-state index in [0.717, 1.165) is 6.42 Å². The molecule has 1 rings (SSSR count). The molecule has 0 saturated carbocycles. The Kier molecular flexibility index (Phi) is 5.33. The SMILES string of the molecule is CC(C)(CCN)CNS(=O)(=O)N1CCOCC1. The van der Waals surface area contributed by atoms with Crippen molar-refractivity contribution in [3.8, 4) is 0 Å². The van der Waals surface area contributed by atoms with Gasteiger partial charge in [-0.15, -0.1) is 0 Å². The molecule has 0 unspecified atom stereocenters. The highest BCUT2D eigenvalue weighted by Crippen LogP contribution is 2.18. The molecule has 3 N–H and O–H groups in total. The average molecular weight is 265 g/mol. The van der Waals surface area contributed by atoms with Crippen LogP contribution in [0.5, 0.6) is 0 Å². The van der Waals surface area contributed by atoms with Crippen molar-refractivity contribution in [2.24, 2.45) is 11.1 Å². The van der Waals surface area contributed by atoms with Gasteiger partial charge in [0.25, 0.3) is 10.2 Å². The number of nitrogens with zero attached hydrogens (tertiary/aromatic N) is 1. The molecular formula is C10H23N3O3S. The maximum atomic E-state index is 12.0. The van der Waals surface area contributed by atoms with E-state index in [1.807, 2.05) is 13.8 Å². The molecule has 0 atom stereocenters. The van der Waals surface area contributed by atoms with Crippen LogP contribution in [0, 0.1) is 5.41 Å². The van der Waals surface area contributed by atoms with Gasteiger partial charge in [0.2, 0.25) is 0 Å². The molecule has 0 aromatic heterocycles. The first kappa shape index (κ1) is 14.8. The zero-order chi connectivity index (χ0) is 12.9. The fraction of sp³-hybridized carbons (Fsp3) is 1.00. The van der Waals surface area contributed by atoms with Crippen LogP contribution < -0.4 is 10.5 Å². The number of nitrogens with two attached hydrogens (primary N) is 1. The van der Waals surface area contributed by atoms with Gasteiger partial charge in [-0.1, -0.05) is 13.8 Å². The molecule has 0 amide bonds. The van der Waals surface area contributed by atoms with Crippen LogP contribution in [-0.2, 0) is 14.9 Å². The number of hydrogen-bond donors (Lipinski definition) is 2. The van der Waals surface area contributed by atoms with Crippen molar-refractivity contribution in [3.63, 3.8) is 0 Å². The van der Waals surface area contributed by atoms with Crippen LogP contribution in [-0.4, -0.2) is 52.1 Å². The Labute approximate surface area is 104 Å². The van der Waals surface area contributed by atoms with Gasteiger partial charge in [-0.05, 0) is 18.4 Å². The Hall–Kier alpha value is -0.210. The highest BCUT2D eigenvalue weighted by molar-refractivity contribution is 7.87. The molecule has 0 spiro atoms. The van der Waals surface area contributed by atoms with Crippen molar-refractivity contribution >= 4 is 10.2 Å². The highest BCUT2D eigenvalue weighted by Gasteiger charge is 2.26. The molecule has 1 aliphatic heterocycles. The summed E-state index contributed by atoms with van der Waals surface area (Å²) in [5.41, 5.74) is 5.38. The van der Waals surface area contributed by atoms with Gasteiger partial charge >= 0.3 is 0 Å². The van der Waals surface area contributed by atoms with Gasteiger partial charge < -0.3 is 10.5 Å². The summed E-state index contributed by atoms with van der Waals surface area (Å²) in [5.74, 6) is 0. The fourth-order valence-corrected chi connectivity index (χ4v) is 3.03. The van der Waals surface area contributed by atoms with E-state index in [1.165, 1.54) is 4.31 Å². The van der Waals surface area contributed by atoms with Gasteiger partial charge in [-0.2, -0.15) is 12.7 Å². The molecule has 0 aromatic carbocycles. The van der Waals surface area contributed by atoms with Crippen molar-refractivity contribution in [2.75, 3.05) is 39.4 Å². The third kappa shape index (κ3) is 4.89. The van der Waals surface area contributed by atoms with Gasteiger partial charge in [0.15, 0.2) is 0 Å². The molecule has 1 heterocycles. The van der Waals surface area contributed by atoms with Crippen LogP contribution in [0.1, 0.15) is 20.3 Å². The summed E-state index contributed by atoms with van der Waals surface area (Å²) in [7, 11) is -3.37. The predicted octanol–water partition coefficient (Wildman–Crippen LogP) is -0.472. The Balaban J connectivity index is 2.49. The Morgan fingerprint density at radius 1 is 1.35 bits per heavy atom. The molecule has 17 heavy (non-hydrogen) atoms. The van der Waals surface area contributed by atoms with Gasteiger partial charge in [0.1, 0.15) is 0 Å². The summed E-state index contributed by atoms with van der Waals surface area (Å²) in [6, 6.07) is 0. The lowest BCUT2D eigenvalue weighted by Gasteiger charge is -2.29. The molecule has 0 aromatic rings. The standard InChI is InChI=1S/C10H23N3O3S/c1-10(2,3-4-11)9-12-17(14,15)13-5-7-16-8-6-13/h12H,3-9,11H2,1-2H3. The number of nitrogens with one attached hydrogen (secondary N) is 1. The highest BCUT2D eigenvalue weighted by atomic mass is 32.2. The molecule has 7 heteroatoms. The van der Waals surface area contributed by atoms with Crippen LogP contribution in [0.25, 0.3) is 0 Å². The number of morpholine rings is 1. The van der Waals surface area contributed by atoms with Gasteiger partial charge in [-0.25, -0.2) is 4.72 Å². The fourth-order valence-electron chi connectivity index (χ4n) is 1.64. The van der Waals surface area contributed by atoms with Crippen molar-refractivity contribution in [1.82, 2.24) is 9.03 Å². The average Bonchev–Trinajstić information content (AvgIpc) is 2.28. The van der Waals surface area contributed by atoms with Crippen LogP contribution in [0.15, 0.2) is 0 Å². The van der Waals surface area contributed by atoms with E-state index in [4.69, 9.17) is 10.5 Å². The summed E-state index contributed by atoms with van der Waals surface area (Å²) in [4.78, 5) is 0. The smallest absolute Gasteiger partial charge is 0.279 e. The zero-order valence-electron chi connectivity index (χ0n) is 10.6. The van der Waals surface area contributed by atoms with Gasteiger partial charge in [0, 0.05) is 19.6 Å². The third-order valence-corrected chi connectivity index (χ3v) is 4.42. The Morgan fingerprint density at radius 2 is 1.94 bits per heavy atom. The lowest BCUT2D eigenvalue weighted by Crippen LogP contribution is -2.48. The monoisotopic (exact) mass is 265 g/mol. The summed E-state index contributed by atoms with van der Waals surface area (Å²) in [6.45, 7) is 6.75. The normalized spacial score (nSPS) is 19.5. The van der Waals surface area contributed by atoms with Crippen LogP contribution >= 0.6 is 0 Å². The van der Waals surface area contributed by atoms with E-state index in [0.29, 0.717) is 39.4 Å². The summed E-state index contributed by atoms with van der Waals surface area (Å²) >= 11 is 0. The maximum Gasteiger partial charge on any atom is 0.279 e. The second-order valence-electron chi connectivity index (χ2n) is 5.04. The van der Waals surface area contributed by atoms with E-state index in [1.54, 1.807) is 0 Å². The molecular weight excluding hydrogens is 242 g/mol. The minimum atomic E-state index is -3.37. The maximum absolute atomic E-state index is 12.0. The first-order chi connectivity index (χ1) is 7.87. The van der Waals surface area contributed by atoms with Crippen molar-refractivity contribution in [2.45, 2.75) is 20.3 Å². The summed E-state index contributed by atoms with van der Waals surface area (Å²) < 4.78 is 33.1. The molecule has 0 aliphatic carbocycles. The molecule has 1 fully saturated rings. The lowest BCUT2D eigenvalue weighted by atomic mass is 9.90. The molecule has 0 bridgehead atoms. The van der Waals surface area contributed by atoms with E-state index in [2.05, 4.69) is 4.72 Å². The number of ether oxygens (including phenoxy) is 1. The van der Waals surface area contributed by atoms with Crippen molar-refractivity contribution < 1.29 is 13.2 Å². The molecule has 102 valence electrons. The van der Waals surface area contributed by atoms with E-state index >= 15 is 0 Å².